The Hall–Kier alpha value is -0.0400. The van der Waals surface area contributed by atoms with Crippen molar-refractivity contribution >= 4 is 0 Å². The van der Waals surface area contributed by atoms with Gasteiger partial charge in [0.15, 0.2) is 0 Å². The molecule has 0 aliphatic heterocycles. The van der Waals surface area contributed by atoms with Crippen molar-refractivity contribution in [2.75, 3.05) is 0 Å². The highest BCUT2D eigenvalue weighted by molar-refractivity contribution is 4.79. The zero-order chi connectivity index (χ0) is 11.8. The molecular weight excluding hydrogens is 194 g/mol. The quantitative estimate of drug-likeness (QED) is 0.672. The van der Waals surface area contributed by atoms with E-state index in [1.807, 2.05) is 0 Å². The second kappa shape index (κ2) is 8.11. The maximum atomic E-state index is 3.87. The SMILES string of the molecule is CCCCC(CC)N[C@H](C)C1CCCCC1. The molecule has 0 heterocycles. The van der Waals surface area contributed by atoms with Crippen LogP contribution in [0, 0.1) is 5.92 Å². The standard InChI is InChI=1S/C15H31N/c1-4-6-12-15(5-2)16-13(3)14-10-8-7-9-11-14/h13-16H,4-12H2,1-3H3/t13-,15?/m1/s1. The van der Waals surface area contributed by atoms with Crippen LogP contribution in [0.2, 0.25) is 0 Å². The van der Waals surface area contributed by atoms with Crippen LogP contribution in [-0.2, 0) is 0 Å². The molecule has 0 aromatic heterocycles. The lowest BCUT2D eigenvalue weighted by atomic mass is 9.84. The lowest BCUT2D eigenvalue weighted by Crippen LogP contribution is -2.41. The molecule has 2 atom stereocenters. The summed E-state index contributed by atoms with van der Waals surface area (Å²) in [5.74, 6) is 0.949. The van der Waals surface area contributed by atoms with Gasteiger partial charge in [0.25, 0.3) is 0 Å². The zero-order valence-electron chi connectivity index (χ0n) is 11.6. The van der Waals surface area contributed by atoms with Crippen molar-refractivity contribution in [2.24, 2.45) is 5.92 Å². The van der Waals surface area contributed by atoms with Crippen LogP contribution in [0.15, 0.2) is 0 Å². The van der Waals surface area contributed by atoms with Gasteiger partial charge < -0.3 is 5.32 Å². The largest absolute Gasteiger partial charge is 0.311 e. The van der Waals surface area contributed by atoms with Crippen LogP contribution in [0.1, 0.15) is 78.6 Å². The summed E-state index contributed by atoms with van der Waals surface area (Å²) < 4.78 is 0. The molecule has 16 heavy (non-hydrogen) atoms. The fourth-order valence-electron chi connectivity index (χ4n) is 3.00. The van der Waals surface area contributed by atoms with Gasteiger partial charge in [-0.1, -0.05) is 46.0 Å². The van der Waals surface area contributed by atoms with E-state index < -0.39 is 0 Å². The average molecular weight is 225 g/mol. The van der Waals surface area contributed by atoms with Gasteiger partial charge in [0.05, 0.1) is 0 Å². The highest BCUT2D eigenvalue weighted by Gasteiger charge is 2.21. The van der Waals surface area contributed by atoms with Gasteiger partial charge in [-0.05, 0) is 38.5 Å². The highest BCUT2D eigenvalue weighted by Crippen LogP contribution is 2.26. The van der Waals surface area contributed by atoms with Crippen molar-refractivity contribution in [3.63, 3.8) is 0 Å². The molecule has 0 aromatic carbocycles. The maximum absolute atomic E-state index is 3.87. The summed E-state index contributed by atoms with van der Waals surface area (Å²) >= 11 is 0. The molecule has 0 saturated heterocycles. The molecule has 1 nitrogen and oxygen atoms in total. The van der Waals surface area contributed by atoms with Gasteiger partial charge in [-0.15, -0.1) is 0 Å². The van der Waals surface area contributed by atoms with Crippen LogP contribution in [0.4, 0.5) is 0 Å². The predicted octanol–water partition coefficient (Wildman–Crippen LogP) is 4.51. The fraction of sp³-hybridized carbons (Fsp3) is 1.00. The number of rotatable bonds is 7. The lowest BCUT2D eigenvalue weighted by Gasteiger charge is -2.31. The summed E-state index contributed by atoms with van der Waals surface area (Å²) in [4.78, 5) is 0. The summed E-state index contributed by atoms with van der Waals surface area (Å²) in [5, 5.41) is 3.87. The third kappa shape index (κ3) is 4.86. The van der Waals surface area contributed by atoms with Crippen LogP contribution < -0.4 is 5.32 Å². The van der Waals surface area contributed by atoms with E-state index in [1.165, 1.54) is 57.8 Å². The van der Waals surface area contributed by atoms with E-state index in [0.717, 1.165) is 18.0 Å². The smallest absolute Gasteiger partial charge is 0.00695 e. The Kier molecular flexibility index (Phi) is 7.11. The molecule has 1 heteroatoms. The van der Waals surface area contributed by atoms with E-state index in [2.05, 4.69) is 26.1 Å². The van der Waals surface area contributed by atoms with Crippen molar-refractivity contribution in [1.29, 1.82) is 0 Å². The maximum Gasteiger partial charge on any atom is 0.00695 e. The van der Waals surface area contributed by atoms with Gasteiger partial charge in [-0.25, -0.2) is 0 Å². The van der Waals surface area contributed by atoms with E-state index in [9.17, 15) is 0 Å². The Morgan fingerprint density at radius 1 is 1.12 bits per heavy atom. The van der Waals surface area contributed by atoms with Crippen LogP contribution >= 0.6 is 0 Å². The molecule has 96 valence electrons. The Balaban J connectivity index is 2.26. The minimum Gasteiger partial charge on any atom is -0.311 e. The number of hydrogen-bond acceptors (Lipinski definition) is 1. The first-order chi connectivity index (χ1) is 7.77. The first kappa shape index (κ1) is 14.0. The van der Waals surface area contributed by atoms with Crippen molar-refractivity contribution in [2.45, 2.75) is 90.6 Å². The Bertz CT molecular complexity index is 161. The summed E-state index contributed by atoms with van der Waals surface area (Å²) in [6, 6.07) is 1.50. The molecule has 1 rings (SSSR count). The molecule has 1 N–H and O–H groups in total. The number of hydrogen-bond donors (Lipinski definition) is 1. The normalized spacial score (nSPS) is 21.9. The predicted molar refractivity (Wildman–Crippen MR) is 72.8 cm³/mol. The van der Waals surface area contributed by atoms with Crippen molar-refractivity contribution in [1.82, 2.24) is 5.32 Å². The van der Waals surface area contributed by atoms with E-state index in [-0.39, 0.29) is 0 Å². The van der Waals surface area contributed by atoms with Gasteiger partial charge in [0, 0.05) is 12.1 Å². The van der Waals surface area contributed by atoms with Crippen LogP contribution in [-0.4, -0.2) is 12.1 Å². The summed E-state index contributed by atoms with van der Waals surface area (Å²) in [7, 11) is 0. The van der Waals surface area contributed by atoms with Crippen molar-refractivity contribution < 1.29 is 0 Å². The van der Waals surface area contributed by atoms with Gasteiger partial charge in [0.1, 0.15) is 0 Å². The monoisotopic (exact) mass is 225 g/mol. The number of nitrogens with one attached hydrogen (secondary N) is 1. The Labute approximate surface area is 102 Å². The Morgan fingerprint density at radius 3 is 2.38 bits per heavy atom. The van der Waals surface area contributed by atoms with E-state index in [4.69, 9.17) is 0 Å². The first-order valence-corrected chi connectivity index (χ1v) is 7.54. The van der Waals surface area contributed by atoms with Gasteiger partial charge in [-0.3, -0.25) is 0 Å². The number of unbranched alkanes of at least 4 members (excludes halogenated alkanes) is 1. The molecule has 0 radical (unpaired) electrons. The molecule has 1 aliphatic rings. The summed E-state index contributed by atoms with van der Waals surface area (Å²) in [6.07, 6.45) is 12.7. The zero-order valence-corrected chi connectivity index (χ0v) is 11.6. The lowest BCUT2D eigenvalue weighted by molar-refractivity contribution is 0.256. The summed E-state index contributed by atoms with van der Waals surface area (Å²) in [5.41, 5.74) is 0. The van der Waals surface area contributed by atoms with E-state index in [1.54, 1.807) is 0 Å². The molecule has 0 spiro atoms. The minimum atomic E-state index is 0.738. The minimum absolute atomic E-state index is 0.738. The summed E-state index contributed by atoms with van der Waals surface area (Å²) in [6.45, 7) is 7.02. The van der Waals surface area contributed by atoms with E-state index in [0.29, 0.717) is 0 Å². The molecule has 1 fully saturated rings. The third-order valence-corrected chi connectivity index (χ3v) is 4.25. The molecule has 0 aromatic rings. The van der Waals surface area contributed by atoms with Gasteiger partial charge in [0.2, 0.25) is 0 Å². The average Bonchev–Trinajstić information content (AvgIpc) is 2.35. The second-order valence-corrected chi connectivity index (χ2v) is 5.60. The highest BCUT2D eigenvalue weighted by atomic mass is 14.9. The topological polar surface area (TPSA) is 12.0 Å². The van der Waals surface area contributed by atoms with Crippen molar-refractivity contribution in [3.05, 3.63) is 0 Å². The van der Waals surface area contributed by atoms with E-state index >= 15 is 0 Å². The van der Waals surface area contributed by atoms with Gasteiger partial charge in [-0.2, -0.15) is 0 Å². The molecular formula is C15H31N. The first-order valence-electron chi connectivity index (χ1n) is 7.54. The third-order valence-electron chi connectivity index (χ3n) is 4.25. The van der Waals surface area contributed by atoms with Crippen LogP contribution in [0.25, 0.3) is 0 Å². The van der Waals surface area contributed by atoms with Gasteiger partial charge >= 0.3 is 0 Å². The van der Waals surface area contributed by atoms with Crippen molar-refractivity contribution in [3.8, 4) is 0 Å². The molecule has 1 aliphatic carbocycles. The Morgan fingerprint density at radius 2 is 1.81 bits per heavy atom. The van der Waals surface area contributed by atoms with Crippen LogP contribution in [0.3, 0.4) is 0 Å². The fourth-order valence-corrected chi connectivity index (χ4v) is 3.00. The molecule has 1 saturated carbocycles. The second-order valence-electron chi connectivity index (χ2n) is 5.60. The molecule has 0 bridgehead atoms. The molecule has 1 unspecified atom stereocenters. The van der Waals surface area contributed by atoms with Crippen LogP contribution in [0.5, 0.6) is 0 Å². The molecule has 0 amide bonds.